The number of aryl methyl sites for hydroxylation is 2. The van der Waals surface area contributed by atoms with E-state index in [-0.39, 0.29) is 0 Å². The average molecular weight is 533 g/mol. The monoisotopic (exact) mass is 532 g/mol. The lowest BCUT2D eigenvalue weighted by atomic mass is 10.3. The number of thioether (sulfide) groups is 2. The fourth-order valence-electron chi connectivity index (χ4n) is 3.30. The van der Waals surface area contributed by atoms with Crippen LogP contribution in [0.25, 0.3) is 5.69 Å². The van der Waals surface area contributed by atoms with Crippen LogP contribution in [0.3, 0.4) is 0 Å². The second-order valence-electron chi connectivity index (χ2n) is 7.70. The number of hydrogen-bond donors (Lipinski definition) is 2. The van der Waals surface area contributed by atoms with Crippen LogP contribution in [0.2, 0.25) is 0 Å². The number of carboxylic acid groups (broad SMARTS) is 2. The van der Waals surface area contributed by atoms with Crippen molar-refractivity contribution in [3.05, 3.63) is 53.6 Å². The number of rotatable bonds is 8. The first-order chi connectivity index (χ1) is 17.3. The number of aliphatic carboxylic acids is 2. The van der Waals surface area contributed by atoms with Gasteiger partial charge in [0.2, 0.25) is 0 Å². The smallest absolute Gasteiger partial charge is 0.414 e. The largest absolute Gasteiger partial charge is 0.473 e. The Morgan fingerprint density at radius 2 is 1.61 bits per heavy atom. The van der Waals surface area contributed by atoms with Gasteiger partial charge in [0.15, 0.2) is 10.3 Å². The SMILES string of the molecule is Cc1cc(C)nc(SCc2nnc(SCCN3CCOCC3)n2-c2ccccc2)n1.O=C(O)C(=O)O. The van der Waals surface area contributed by atoms with E-state index in [4.69, 9.17) is 24.5 Å². The molecule has 0 unspecified atom stereocenters. The minimum atomic E-state index is -1.82. The summed E-state index contributed by atoms with van der Waals surface area (Å²) in [6.45, 7) is 8.67. The van der Waals surface area contributed by atoms with Crippen LogP contribution >= 0.6 is 23.5 Å². The van der Waals surface area contributed by atoms with Gasteiger partial charge in [0.25, 0.3) is 0 Å². The maximum Gasteiger partial charge on any atom is 0.414 e. The van der Waals surface area contributed by atoms with Crippen molar-refractivity contribution in [2.75, 3.05) is 38.6 Å². The maximum absolute atomic E-state index is 9.10. The van der Waals surface area contributed by atoms with E-state index in [1.807, 2.05) is 38.1 Å². The normalized spacial score (nSPS) is 13.6. The van der Waals surface area contributed by atoms with Gasteiger partial charge in [-0.1, -0.05) is 41.7 Å². The van der Waals surface area contributed by atoms with Crippen molar-refractivity contribution in [1.29, 1.82) is 0 Å². The van der Waals surface area contributed by atoms with Crippen molar-refractivity contribution < 1.29 is 24.5 Å². The number of benzene rings is 1. The van der Waals surface area contributed by atoms with E-state index in [1.54, 1.807) is 23.5 Å². The predicted molar refractivity (Wildman–Crippen MR) is 136 cm³/mol. The van der Waals surface area contributed by atoms with Gasteiger partial charge in [0, 0.05) is 42.5 Å². The molecule has 3 aromatic rings. The minimum absolute atomic E-state index is 0.662. The quantitative estimate of drug-likeness (QED) is 0.250. The van der Waals surface area contributed by atoms with E-state index in [1.165, 1.54) is 0 Å². The van der Waals surface area contributed by atoms with E-state index >= 15 is 0 Å². The third kappa shape index (κ3) is 8.59. The number of aromatic nitrogens is 5. The van der Waals surface area contributed by atoms with Crippen LogP contribution in [0.15, 0.2) is 46.7 Å². The fourth-order valence-corrected chi connectivity index (χ4v) is 5.13. The molecule has 192 valence electrons. The summed E-state index contributed by atoms with van der Waals surface area (Å²) in [5.74, 6) is -1.11. The Labute approximate surface area is 217 Å². The highest BCUT2D eigenvalue weighted by molar-refractivity contribution is 7.99. The first kappa shape index (κ1) is 27.6. The van der Waals surface area contributed by atoms with Crippen molar-refractivity contribution >= 4 is 35.5 Å². The Morgan fingerprint density at radius 3 is 2.22 bits per heavy atom. The molecule has 3 heterocycles. The zero-order chi connectivity index (χ0) is 25.9. The number of nitrogens with zero attached hydrogens (tertiary/aromatic N) is 6. The van der Waals surface area contributed by atoms with Gasteiger partial charge in [-0.15, -0.1) is 10.2 Å². The van der Waals surface area contributed by atoms with Gasteiger partial charge >= 0.3 is 11.9 Å². The average Bonchev–Trinajstić information content (AvgIpc) is 3.26. The molecule has 0 bridgehead atoms. The highest BCUT2D eigenvalue weighted by atomic mass is 32.2. The summed E-state index contributed by atoms with van der Waals surface area (Å²) >= 11 is 3.34. The molecule has 0 amide bonds. The molecule has 1 aliphatic rings. The molecule has 2 aromatic heterocycles. The summed E-state index contributed by atoms with van der Waals surface area (Å²) in [4.78, 5) is 29.7. The number of carbonyl (C=O) groups is 2. The van der Waals surface area contributed by atoms with E-state index in [2.05, 4.69) is 41.8 Å². The summed E-state index contributed by atoms with van der Waals surface area (Å²) in [6.07, 6.45) is 0. The molecular weight excluding hydrogens is 504 g/mol. The van der Waals surface area contributed by atoms with Crippen LogP contribution in [0.1, 0.15) is 17.2 Å². The second-order valence-corrected chi connectivity index (χ2v) is 9.71. The van der Waals surface area contributed by atoms with Gasteiger partial charge in [-0.3, -0.25) is 9.47 Å². The minimum Gasteiger partial charge on any atom is -0.473 e. The molecule has 1 fully saturated rings. The highest BCUT2D eigenvalue weighted by Gasteiger charge is 2.17. The van der Waals surface area contributed by atoms with Crippen molar-refractivity contribution in [1.82, 2.24) is 29.6 Å². The third-order valence-corrected chi connectivity index (χ3v) is 6.68. The lowest BCUT2D eigenvalue weighted by Crippen LogP contribution is -2.37. The molecule has 2 N–H and O–H groups in total. The van der Waals surface area contributed by atoms with Crippen molar-refractivity contribution in [2.45, 2.75) is 29.9 Å². The molecule has 0 radical (unpaired) electrons. The predicted octanol–water partition coefficient (Wildman–Crippen LogP) is 2.55. The van der Waals surface area contributed by atoms with Gasteiger partial charge in [-0.05, 0) is 32.0 Å². The maximum atomic E-state index is 9.10. The van der Waals surface area contributed by atoms with Crippen LogP contribution < -0.4 is 0 Å². The van der Waals surface area contributed by atoms with Gasteiger partial charge in [-0.25, -0.2) is 19.6 Å². The van der Waals surface area contributed by atoms with Crippen LogP contribution in [-0.2, 0) is 20.1 Å². The summed E-state index contributed by atoms with van der Waals surface area (Å²) in [5, 5.41) is 25.5. The van der Waals surface area contributed by atoms with Crippen molar-refractivity contribution in [2.24, 2.45) is 0 Å². The zero-order valence-corrected chi connectivity index (χ0v) is 21.7. The van der Waals surface area contributed by atoms with Crippen LogP contribution in [-0.4, -0.2) is 90.4 Å². The first-order valence-electron chi connectivity index (χ1n) is 11.2. The molecule has 1 saturated heterocycles. The standard InChI is InChI=1S/C21H26N6OS2.C2H2O4/c1-16-14-17(2)23-20(22-16)30-15-19-24-25-21(27(19)18-6-4-3-5-7-18)29-13-10-26-8-11-28-12-9-26;3-1(4)2(5)6/h3-7,14H,8-13,15H2,1-2H3;(H,3,4)(H,5,6). The third-order valence-electron chi connectivity index (χ3n) is 4.93. The number of morpholine rings is 1. The molecule has 0 atom stereocenters. The summed E-state index contributed by atoms with van der Waals surface area (Å²) < 4.78 is 7.59. The van der Waals surface area contributed by atoms with Crippen molar-refractivity contribution in [3.8, 4) is 5.69 Å². The molecule has 1 aromatic carbocycles. The Bertz CT molecular complexity index is 1120. The highest BCUT2D eigenvalue weighted by Crippen LogP contribution is 2.26. The van der Waals surface area contributed by atoms with Gasteiger partial charge in [-0.2, -0.15) is 0 Å². The van der Waals surface area contributed by atoms with E-state index < -0.39 is 11.9 Å². The molecule has 0 spiro atoms. The Balaban J connectivity index is 0.000000538. The molecule has 36 heavy (non-hydrogen) atoms. The van der Waals surface area contributed by atoms with Crippen LogP contribution in [0, 0.1) is 13.8 Å². The zero-order valence-electron chi connectivity index (χ0n) is 20.0. The lowest BCUT2D eigenvalue weighted by Gasteiger charge is -2.26. The van der Waals surface area contributed by atoms with Crippen LogP contribution in [0.5, 0.6) is 0 Å². The molecule has 11 nitrogen and oxygen atoms in total. The Morgan fingerprint density at radius 1 is 0.972 bits per heavy atom. The first-order valence-corrected chi connectivity index (χ1v) is 13.1. The molecule has 0 saturated carbocycles. The molecular formula is C23H28N6O5S2. The molecule has 1 aliphatic heterocycles. The van der Waals surface area contributed by atoms with Crippen LogP contribution in [0.4, 0.5) is 0 Å². The summed E-state index contributed by atoms with van der Waals surface area (Å²) in [6, 6.07) is 12.3. The van der Waals surface area contributed by atoms with Gasteiger partial charge in [0.05, 0.1) is 19.0 Å². The Kier molecular flexibility index (Phi) is 10.7. The molecule has 4 rings (SSSR count). The lowest BCUT2D eigenvalue weighted by molar-refractivity contribution is -0.159. The topological polar surface area (TPSA) is 144 Å². The van der Waals surface area contributed by atoms with E-state index in [9.17, 15) is 0 Å². The van der Waals surface area contributed by atoms with Gasteiger partial charge < -0.3 is 14.9 Å². The summed E-state index contributed by atoms with van der Waals surface area (Å²) in [7, 11) is 0. The second kappa shape index (κ2) is 13.9. The van der Waals surface area contributed by atoms with E-state index in [0.29, 0.717) is 5.75 Å². The Hall–Kier alpha value is -3.00. The van der Waals surface area contributed by atoms with E-state index in [0.717, 1.165) is 71.8 Å². The summed E-state index contributed by atoms with van der Waals surface area (Å²) in [5.41, 5.74) is 3.04. The van der Waals surface area contributed by atoms with Crippen molar-refractivity contribution in [3.63, 3.8) is 0 Å². The fraction of sp³-hybridized carbons (Fsp3) is 0.391. The molecule has 13 heteroatoms. The number of para-hydroxylation sites is 1. The number of hydrogen-bond acceptors (Lipinski definition) is 10. The van der Waals surface area contributed by atoms with Gasteiger partial charge in [0.1, 0.15) is 5.82 Å². The molecule has 0 aliphatic carbocycles. The number of carboxylic acids is 2. The number of ether oxygens (including phenoxy) is 1.